The van der Waals surface area contributed by atoms with Crippen LogP contribution < -0.4 is 10.5 Å². The fourth-order valence-corrected chi connectivity index (χ4v) is 1.74. The molecule has 0 bridgehead atoms. The van der Waals surface area contributed by atoms with Crippen LogP contribution in [-0.2, 0) is 6.42 Å². The van der Waals surface area contributed by atoms with E-state index in [4.69, 9.17) is 10.5 Å². The first-order chi connectivity index (χ1) is 7.85. The molecule has 1 aromatic heterocycles. The Labute approximate surface area is 95.2 Å². The lowest BCUT2D eigenvalue weighted by Gasteiger charge is -2.09. The minimum atomic E-state index is 0.611. The van der Waals surface area contributed by atoms with Crippen LogP contribution in [0.4, 0.5) is 0 Å². The van der Waals surface area contributed by atoms with Crippen LogP contribution in [0.1, 0.15) is 12.5 Å². The highest BCUT2D eigenvalue weighted by molar-refractivity contribution is 5.80. The second-order valence-electron chi connectivity index (χ2n) is 3.62. The Morgan fingerprint density at radius 3 is 2.88 bits per heavy atom. The minimum Gasteiger partial charge on any atom is -0.478 e. The van der Waals surface area contributed by atoms with E-state index in [0.717, 1.165) is 22.9 Å². The molecule has 2 aromatic rings. The van der Waals surface area contributed by atoms with Gasteiger partial charge >= 0.3 is 0 Å². The normalized spacial score (nSPS) is 10.6. The highest BCUT2D eigenvalue weighted by atomic mass is 16.5. The smallest absolute Gasteiger partial charge is 0.217 e. The standard InChI is InChI=1S/C13H16N2O/c1-2-16-13-11(7-8-14)9-10-5-3-4-6-12(10)15-13/h3-6,9H,2,7-8,14H2,1H3. The number of hydrogen-bond acceptors (Lipinski definition) is 3. The number of benzene rings is 1. The molecular formula is C13H16N2O. The highest BCUT2D eigenvalue weighted by Gasteiger charge is 2.06. The molecule has 0 fully saturated rings. The first kappa shape index (κ1) is 10.9. The summed E-state index contributed by atoms with van der Waals surface area (Å²) in [5.41, 5.74) is 7.64. The Bertz CT molecular complexity index is 438. The monoisotopic (exact) mass is 216 g/mol. The van der Waals surface area contributed by atoms with Crippen molar-refractivity contribution in [3.8, 4) is 5.88 Å². The van der Waals surface area contributed by atoms with Gasteiger partial charge in [0.2, 0.25) is 5.88 Å². The molecular weight excluding hydrogens is 200 g/mol. The van der Waals surface area contributed by atoms with Gasteiger partial charge in [0, 0.05) is 10.9 Å². The predicted octanol–water partition coefficient (Wildman–Crippen LogP) is 2.13. The third kappa shape index (κ3) is 2.14. The maximum absolute atomic E-state index is 5.59. The number of rotatable bonds is 4. The van der Waals surface area contributed by atoms with Gasteiger partial charge in [-0.2, -0.15) is 0 Å². The second-order valence-corrected chi connectivity index (χ2v) is 3.62. The number of fused-ring (bicyclic) bond motifs is 1. The summed E-state index contributed by atoms with van der Waals surface area (Å²) in [5, 5.41) is 1.13. The first-order valence-electron chi connectivity index (χ1n) is 5.56. The number of nitrogens with two attached hydrogens (primary N) is 1. The number of hydrogen-bond donors (Lipinski definition) is 1. The Morgan fingerprint density at radius 2 is 2.12 bits per heavy atom. The van der Waals surface area contributed by atoms with Gasteiger partial charge in [-0.1, -0.05) is 18.2 Å². The Balaban J connectivity index is 2.51. The maximum Gasteiger partial charge on any atom is 0.217 e. The molecule has 0 saturated heterocycles. The molecule has 0 spiro atoms. The van der Waals surface area contributed by atoms with Crippen molar-refractivity contribution in [3.63, 3.8) is 0 Å². The summed E-state index contributed by atoms with van der Waals surface area (Å²) in [6.45, 7) is 3.20. The van der Waals surface area contributed by atoms with Gasteiger partial charge in [0.1, 0.15) is 0 Å². The highest BCUT2D eigenvalue weighted by Crippen LogP contribution is 2.22. The van der Waals surface area contributed by atoms with Crippen LogP contribution in [0, 0.1) is 0 Å². The summed E-state index contributed by atoms with van der Waals surface area (Å²) < 4.78 is 5.53. The Hall–Kier alpha value is -1.61. The summed E-state index contributed by atoms with van der Waals surface area (Å²) in [6.07, 6.45) is 0.799. The van der Waals surface area contributed by atoms with Gasteiger partial charge in [-0.25, -0.2) is 4.98 Å². The van der Waals surface area contributed by atoms with Gasteiger partial charge in [-0.05, 0) is 32.0 Å². The molecule has 3 heteroatoms. The van der Waals surface area contributed by atoms with Crippen molar-refractivity contribution in [2.24, 2.45) is 5.73 Å². The lowest BCUT2D eigenvalue weighted by molar-refractivity contribution is 0.324. The van der Waals surface area contributed by atoms with Crippen molar-refractivity contribution < 1.29 is 4.74 Å². The summed E-state index contributed by atoms with van der Waals surface area (Å²) in [5.74, 6) is 0.714. The third-order valence-corrected chi connectivity index (χ3v) is 2.46. The number of para-hydroxylation sites is 1. The quantitative estimate of drug-likeness (QED) is 0.851. The third-order valence-electron chi connectivity index (χ3n) is 2.46. The molecule has 0 radical (unpaired) electrons. The predicted molar refractivity (Wildman–Crippen MR) is 65.7 cm³/mol. The zero-order valence-electron chi connectivity index (χ0n) is 9.44. The molecule has 0 amide bonds. The van der Waals surface area contributed by atoms with Crippen molar-refractivity contribution >= 4 is 10.9 Å². The fraction of sp³-hybridized carbons (Fsp3) is 0.308. The average molecular weight is 216 g/mol. The number of pyridine rings is 1. The largest absolute Gasteiger partial charge is 0.478 e. The Kier molecular flexibility index (Phi) is 3.37. The van der Waals surface area contributed by atoms with E-state index in [1.807, 2.05) is 25.1 Å². The molecule has 0 aliphatic carbocycles. The molecule has 1 heterocycles. The summed E-state index contributed by atoms with van der Waals surface area (Å²) in [7, 11) is 0. The molecule has 2 rings (SSSR count). The molecule has 0 saturated carbocycles. The number of aromatic nitrogens is 1. The summed E-state index contributed by atoms with van der Waals surface area (Å²) in [4.78, 5) is 4.51. The van der Waals surface area contributed by atoms with E-state index in [1.165, 1.54) is 0 Å². The molecule has 0 atom stereocenters. The number of nitrogens with zero attached hydrogens (tertiary/aromatic N) is 1. The molecule has 0 unspecified atom stereocenters. The summed E-state index contributed by atoms with van der Waals surface area (Å²) >= 11 is 0. The van der Waals surface area contributed by atoms with Crippen LogP contribution in [0.25, 0.3) is 10.9 Å². The van der Waals surface area contributed by atoms with Crippen molar-refractivity contribution in [1.29, 1.82) is 0 Å². The molecule has 2 N–H and O–H groups in total. The van der Waals surface area contributed by atoms with Crippen molar-refractivity contribution in [2.45, 2.75) is 13.3 Å². The molecule has 1 aromatic carbocycles. The molecule has 3 nitrogen and oxygen atoms in total. The molecule has 0 aliphatic heterocycles. The van der Waals surface area contributed by atoms with Crippen molar-refractivity contribution in [1.82, 2.24) is 4.98 Å². The second kappa shape index (κ2) is 4.94. The maximum atomic E-state index is 5.59. The zero-order chi connectivity index (χ0) is 11.4. The van der Waals surface area contributed by atoms with Gasteiger partial charge < -0.3 is 10.5 Å². The van der Waals surface area contributed by atoms with E-state index in [2.05, 4.69) is 17.1 Å². The summed E-state index contributed by atoms with van der Waals surface area (Å²) in [6, 6.07) is 10.1. The van der Waals surface area contributed by atoms with Crippen molar-refractivity contribution in [3.05, 3.63) is 35.9 Å². The van der Waals surface area contributed by atoms with E-state index >= 15 is 0 Å². The van der Waals surface area contributed by atoms with E-state index in [1.54, 1.807) is 0 Å². The van der Waals surface area contributed by atoms with E-state index in [-0.39, 0.29) is 0 Å². The molecule has 84 valence electrons. The first-order valence-corrected chi connectivity index (χ1v) is 5.56. The van der Waals surface area contributed by atoms with Crippen LogP contribution >= 0.6 is 0 Å². The molecule has 0 aliphatic rings. The van der Waals surface area contributed by atoms with Crippen LogP contribution in [0.3, 0.4) is 0 Å². The van der Waals surface area contributed by atoms with Crippen LogP contribution in [0.5, 0.6) is 5.88 Å². The average Bonchev–Trinajstić information content (AvgIpc) is 2.30. The fourth-order valence-electron chi connectivity index (χ4n) is 1.74. The zero-order valence-corrected chi connectivity index (χ0v) is 9.44. The lowest BCUT2D eigenvalue weighted by atomic mass is 10.1. The molecule has 16 heavy (non-hydrogen) atoms. The Morgan fingerprint density at radius 1 is 1.31 bits per heavy atom. The van der Waals surface area contributed by atoms with Gasteiger partial charge in [0.05, 0.1) is 12.1 Å². The van der Waals surface area contributed by atoms with Crippen LogP contribution in [0.15, 0.2) is 30.3 Å². The van der Waals surface area contributed by atoms with E-state index in [9.17, 15) is 0 Å². The SMILES string of the molecule is CCOc1nc2ccccc2cc1CCN. The van der Waals surface area contributed by atoms with Gasteiger partial charge in [0.25, 0.3) is 0 Å². The van der Waals surface area contributed by atoms with Crippen molar-refractivity contribution in [2.75, 3.05) is 13.2 Å². The number of ether oxygens (including phenoxy) is 1. The minimum absolute atomic E-state index is 0.611. The van der Waals surface area contributed by atoms with Crippen LogP contribution in [-0.4, -0.2) is 18.1 Å². The topological polar surface area (TPSA) is 48.1 Å². The van der Waals surface area contributed by atoms with Gasteiger partial charge in [-0.3, -0.25) is 0 Å². The van der Waals surface area contributed by atoms with Gasteiger partial charge in [-0.15, -0.1) is 0 Å². The van der Waals surface area contributed by atoms with Crippen LogP contribution in [0.2, 0.25) is 0 Å². The lowest BCUT2D eigenvalue weighted by Crippen LogP contribution is -2.06. The van der Waals surface area contributed by atoms with Gasteiger partial charge in [0.15, 0.2) is 0 Å². The van der Waals surface area contributed by atoms with E-state index < -0.39 is 0 Å². The van der Waals surface area contributed by atoms with E-state index in [0.29, 0.717) is 19.0 Å².